The zero-order valence-electron chi connectivity index (χ0n) is 13.2. The number of amides is 1. The van der Waals surface area contributed by atoms with Crippen molar-refractivity contribution in [3.8, 4) is 5.88 Å². The number of likely N-dealkylation sites (N-methyl/N-ethyl adjacent to an activating group) is 1. The molecule has 1 aromatic heterocycles. The van der Waals surface area contributed by atoms with Gasteiger partial charge in [0.05, 0.1) is 12.8 Å². The van der Waals surface area contributed by atoms with Gasteiger partial charge in [0.25, 0.3) is 5.91 Å². The van der Waals surface area contributed by atoms with Gasteiger partial charge in [0, 0.05) is 32.8 Å². The van der Waals surface area contributed by atoms with Crippen LogP contribution >= 0.6 is 0 Å². The van der Waals surface area contributed by atoms with Crippen LogP contribution in [0.1, 0.15) is 17.3 Å². The van der Waals surface area contributed by atoms with Crippen LogP contribution in [0.5, 0.6) is 5.88 Å². The quantitative estimate of drug-likeness (QED) is 0.805. The van der Waals surface area contributed by atoms with E-state index < -0.39 is 10.0 Å². The molecule has 1 aliphatic heterocycles. The van der Waals surface area contributed by atoms with E-state index in [1.54, 1.807) is 30.3 Å². The molecule has 0 aromatic carbocycles. The number of rotatable bonds is 3. The minimum atomic E-state index is -3.30. The SMILES string of the molecule is C[C@@H]1CN(C)C(=O)c2cccnc2O[C@@H]1CN(C)S(C)(=O)=O. The number of carbonyl (C=O) groups is 1. The number of aromatic nitrogens is 1. The summed E-state index contributed by atoms with van der Waals surface area (Å²) in [4.78, 5) is 18.1. The second kappa shape index (κ2) is 6.21. The van der Waals surface area contributed by atoms with Crippen LogP contribution in [0.3, 0.4) is 0 Å². The minimum absolute atomic E-state index is 0.0340. The third-order valence-electron chi connectivity index (χ3n) is 3.81. The lowest BCUT2D eigenvalue weighted by Gasteiger charge is -2.33. The Morgan fingerprint density at radius 2 is 2.18 bits per heavy atom. The third kappa shape index (κ3) is 3.56. The smallest absolute Gasteiger partial charge is 0.259 e. The number of carbonyl (C=O) groups excluding carboxylic acids is 1. The Bertz CT molecular complexity index is 662. The number of fused-ring (bicyclic) bond motifs is 1. The van der Waals surface area contributed by atoms with Gasteiger partial charge in [-0.25, -0.2) is 17.7 Å². The van der Waals surface area contributed by atoms with Gasteiger partial charge in [0.2, 0.25) is 15.9 Å². The molecule has 2 heterocycles. The summed E-state index contributed by atoms with van der Waals surface area (Å²) in [5.74, 6) is 0.0657. The van der Waals surface area contributed by atoms with Crippen LogP contribution in [-0.4, -0.2) is 68.1 Å². The lowest BCUT2D eigenvalue weighted by Crippen LogP contribution is -2.46. The maximum Gasteiger partial charge on any atom is 0.259 e. The van der Waals surface area contributed by atoms with Crippen molar-refractivity contribution in [2.75, 3.05) is 33.4 Å². The number of hydrogen-bond donors (Lipinski definition) is 0. The molecular weight excluding hydrogens is 306 g/mol. The van der Waals surface area contributed by atoms with E-state index >= 15 is 0 Å². The van der Waals surface area contributed by atoms with E-state index in [4.69, 9.17) is 4.74 Å². The Morgan fingerprint density at radius 1 is 1.50 bits per heavy atom. The molecule has 2 atom stereocenters. The van der Waals surface area contributed by atoms with Crippen molar-refractivity contribution in [2.24, 2.45) is 5.92 Å². The highest BCUT2D eigenvalue weighted by Crippen LogP contribution is 2.24. The van der Waals surface area contributed by atoms with E-state index in [1.165, 1.54) is 11.4 Å². The predicted octanol–water partition coefficient (Wildman–Crippen LogP) is 0.442. The highest BCUT2D eigenvalue weighted by atomic mass is 32.2. The topological polar surface area (TPSA) is 79.8 Å². The first kappa shape index (κ1) is 16.7. The van der Waals surface area contributed by atoms with Gasteiger partial charge in [-0.05, 0) is 12.1 Å². The molecule has 8 heteroatoms. The first-order valence-corrected chi connectivity index (χ1v) is 8.83. The van der Waals surface area contributed by atoms with Crippen LogP contribution in [0, 0.1) is 5.92 Å². The van der Waals surface area contributed by atoms with E-state index in [0.717, 1.165) is 6.26 Å². The Labute approximate surface area is 130 Å². The number of nitrogens with zero attached hydrogens (tertiary/aromatic N) is 3. The predicted molar refractivity (Wildman–Crippen MR) is 82.3 cm³/mol. The zero-order valence-corrected chi connectivity index (χ0v) is 14.0. The molecule has 22 heavy (non-hydrogen) atoms. The summed E-state index contributed by atoms with van der Waals surface area (Å²) in [6.07, 6.45) is 2.32. The summed E-state index contributed by atoms with van der Waals surface area (Å²) in [6.45, 7) is 2.62. The standard InChI is InChI=1S/C14H21N3O4S/c1-10-8-16(2)14(18)11-6-5-7-15-13(11)21-12(10)9-17(3)22(4,19)20/h5-7,10,12H,8-9H2,1-4H3/t10-,12-/m1/s1. The maximum atomic E-state index is 12.3. The molecule has 0 N–H and O–H groups in total. The fraction of sp³-hybridized carbons (Fsp3) is 0.571. The largest absolute Gasteiger partial charge is 0.472 e. The minimum Gasteiger partial charge on any atom is -0.472 e. The molecule has 0 fully saturated rings. The third-order valence-corrected chi connectivity index (χ3v) is 5.09. The van der Waals surface area contributed by atoms with Gasteiger partial charge in [-0.1, -0.05) is 6.92 Å². The van der Waals surface area contributed by atoms with E-state index in [1.807, 2.05) is 6.92 Å². The highest BCUT2D eigenvalue weighted by Gasteiger charge is 2.31. The van der Waals surface area contributed by atoms with Crippen LogP contribution in [-0.2, 0) is 10.0 Å². The fourth-order valence-corrected chi connectivity index (χ4v) is 2.77. The first-order valence-electron chi connectivity index (χ1n) is 6.98. The molecule has 1 aliphatic rings. The van der Waals surface area contributed by atoms with E-state index in [0.29, 0.717) is 12.1 Å². The van der Waals surface area contributed by atoms with Crippen molar-refractivity contribution in [1.82, 2.24) is 14.2 Å². The van der Waals surface area contributed by atoms with Crippen LogP contribution in [0.2, 0.25) is 0 Å². The van der Waals surface area contributed by atoms with Gasteiger partial charge in [-0.15, -0.1) is 0 Å². The van der Waals surface area contributed by atoms with Crippen LogP contribution in [0.15, 0.2) is 18.3 Å². The average molecular weight is 327 g/mol. The van der Waals surface area contributed by atoms with Crippen molar-refractivity contribution in [2.45, 2.75) is 13.0 Å². The summed E-state index contributed by atoms with van der Waals surface area (Å²) in [7, 11) is -0.0631. The summed E-state index contributed by atoms with van der Waals surface area (Å²) in [5, 5.41) is 0. The van der Waals surface area contributed by atoms with Crippen molar-refractivity contribution < 1.29 is 17.9 Å². The Hall–Kier alpha value is -1.67. The molecule has 122 valence electrons. The molecule has 0 saturated carbocycles. The average Bonchev–Trinajstić information content (AvgIpc) is 2.44. The molecule has 1 amide bonds. The molecule has 0 saturated heterocycles. The van der Waals surface area contributed by atoms with Gasteiger partial charge in [-0.3, -0.25) is 4.79 Å². The molecule has 0 aliphatic carbocycles. The van der Waals surface area contributed by atoms with Gasteiger partial charge >= 0.3 is 0 Å². The summed E-state index contributed by atoms with van der Waals surface area (Å²) in [5.41, 5.74) is 0.393. The summed E-state index contributed by atoms with van der Waals surface area (Å²) < 4.78 is 30.4. The van der Waals surface area contributed by atoms with Crippen molar-refractivity contribution in [1.29, 1.82) is 0 Å². The molecule has 0 unspecified atom stereocenters. The first-order chi connectivity index (χ1) is 10.2. The molecule has 2 rings (SSSR count). The normalized spacial score (nSPS) is 22.8. The lowest BCUT2D eigenvalue weighted by molar-refractivity contribution is 0.0589. The number of ether oxygens (including phenoxy) is 1. The van der Waals surface area contributed by atoms with Gasteiger partial charge in [-0.2, -0.15) is 0 Å². The van der Waals surface area contributed by atoms with E-state index in [2.05, 4.69) is 4.98 Å². The molecule has 7 nitrogen and oxygen atoms in total. The lowest BCUT2D eigenvalue weighted by atomic mass is 10.0. The van der Waals surface area contributed by atoms with E-state index in [-0.39, 0.29) is 30.4 Å². The van der Waals surface area contributed by atoms with Crippen molar-refractivity contribution >= 4 is 15.9 Å². The molecule has 0 radical (unpaired) electrons. The van der Waals surface area contributed by atoms with Crippen molar-refractivity contribution in [3.63, 3.8) is 0 Å². The fourth-order valence-electron chi connectivity index (χ4n) is 2.35. The van der Waals surface area contributed by atoms with Gasteiger partial charge in [0.15, 0.2) is 0 Å². The van der Waals surface area contributed by atoms with Crippen LogP contribution < -0.4 is 4.74 Å². The second-order valence-electron chi connectivity index (χ2n) is 5.72. The van der Waals surface area contributed by atoms with E-state index in [9.17, 15) is 13.2 Å². The highest BCUT2D eigenvalue weighted by molar-refractivity contribution is 7.88. The van der Waals surface area contributed by atoms with Gasteiger partial charge in [0.1, 0.15) is 11.7 Å². The Kier molecular flexibility index (Phi) is 4.72. The Balaban J connectivity index is 2.33. The van der Waals surface area contributed by atoms with Crippen LogP contribution in [0.4, 0.5) is 0 Å². The monoisotopic (exact) mass is 327 g/mol. The maximum absolute atomic E-state index is 12.3. The van der Waals surface area contributed by atoms with Gasteiger partial charge < -0.3 is 9.64 Å². The summed E-state index contributed by atoms with van der Waals surface area (Å²) in [6, 6.07) is 3.34. The summed E-state index contributed by atoms with van der Waals surface area (Å²) >= 11 is 0. The molecule has 0 bridgehead atoms. The zero-order chi connectivity index (χ0) is 16.5. The number of hydrogen-bond acceptors (Lipinski definition) is 5. The van der Waals surface area contributed by atoms with Crippen LogP contribution in [0.25, 0.3) is 0 Å². The molecular formula is C14H21N3O4S. The molecule has 1 aromatic rings. The Morgan fingerprint density at radius 3 is 2.82 bits per heavy atom. The molecule has 0 spiro atoms. The number of sulfonamides is 1. The second-order valence-corrected chi connectivity index (χ2v) is 7.81. The van der Waals surface area contributed by atoms with Crippen molar-refractivity contribution in [3.05, 3.63) is 23.9 Å². The number of pyridine rings is 1.